The maximum Gasteiger partial charge on any atom is 0.311 e. The highest BCUT2D eigenvalue weighted by Crippen LogP contribution is 2.17. The van der Waals surface area contributed by atoms with Crippen LogP contribution in [0.4, 0.5) is 0 Å². The van der Waals surface area contributed by atoms with Gasteiger partial charge >= 0.3 is 5.97 Å². The fourth-order valence-electron chi connectivity index (χ4n) is 1.79. The third-order valence-electron chi connectivity index (χ3n) is 2.85. The number of hydrogen-bond acceptors (Lipinski definition) is 3. The minimum atomic E-state index is -0.947. The van der Waals surface area contributed by atoms with E-state index in [0.717, 1.165) is 19.3 Å². The predicted octanol–water partition coefficient (Wildman–Crippen LogP) is 1.95. The van der Waals surface area contributed by atoms with Gasteiger partial charge in [0.1, 0.15) is 6.10 Å². The summed E-state index contributed by atoms with van der Waals surface area (Å²) in [5.41, 5.74) is 0. The molecule has 0 aliphatic carbocycles. The molecule has 1 rings (SSSR count). The van der Waals surface area contributed by atoms with Crippen LogP contribution in [0.5, 0.6) is 0 Å². The van der Waals surface area contributed by atoms with Gasteiger partial charge in [-0.1, -0.05) is 26.2 Å². The van der Waals surface area contributed by atoms with E-state index < -0.39 is 12.0 Å². The second-order valence-electron chi connectivity index (χ2n) is 4.24. The summed E-state index contributed by atoms with van der Waals surface area (Å²) < 4.78 is 10.1. The summed E-state index contributed by atoms with van der Waals surface area (Å²) in [5.74, 6) is -0.834. The van der Waals surface area contributed by atoms with Crippen molar-refractivity contribution in [3.63, 3.8) is 0 Å². The van der Waals surface area contributed by atoms with Crippen LogP contribution in [0.25, 0.3) is 0 Å². The first-order valence-corrected chi connectivity index (χ1v) is 6.16. The van der Waals surface area contributed by atoms with Crippen molar-refractivity contribution in [1.82, 2.24) is 0 Å². The Kier molecular flexibility index (Phi) is 6.42. The van der Waals surface area contributed by atoms with Crippen LogP contribution < -0.4 is 0 Å². The van der Waals surface area contributed by atoms with E-state index in [2.05, 4.69) is 6.92 Å². The van der Waals surface area contributed by atoms with Crippen molar-refractivity contribution in [3.05, 3.63) is 0 Å². The fourth-order valence-corrected chi connectivity index (χ4v) is 1.79. The Labute approximate surface area is 96.9 Å². The van der Waals surface area contributed by atoms with Crippen LogP contribution in [0.2, 0.25) is 0 Å². The molecule has 1 aliphatic heterocycles. The Morgan fingerprint density at radius 1 is 1.38 bits per heavy atom. The SMILES string of the molecule is CCCCCCOC(=O)C1CCOCC1[O]. The van der Waals surface area contributed by atoms with Crippen LogP contribution in [-0.4, -0.2) is 31.9 Å². The van der Waals surface area contributed by atoms with E-state index in [1.165, 1.54) is 6.42 Å². The maximum atomic E-state index is 11.6. The lowest BCUT2D eigenvalue weighted by Gasteiger charge is -2.24. The molecule has 4 heteroatoms. The average Bonchev–Trinajstić information content (AvgIpc) is 2.29. The molecule has 0 amide bonds. The quantitative estimate of drug-likeness (QED) is 0.516. The molecule has 2 atom stereocenters. The lowest BCUT2D eigenvalue weighted by atomic mass is 9.98. The Bertz CT molecular complexity index is 205. The van der Waals surface area contributed by atoms with E-state index in [1.54, 1.807) is 0 Å². The van der Waals surface area contributed by atoms with Gasteiger partial charge in [0.25, 0.3) is 0 Å². The van der Waals surface area contributed by atoms with E-state index in [1.807, 2.05) is 0 Å². The molecule has 16 heavy (non-hydrogen) atoms. The van der Waals surface area contributed by atoms with E-state index in [9.17, 15) is 9.90 Å². The molecule has 1 saturated heterocycles. The zero-order chi connectivity index (χ0) is 11.8. The van der Waals surface area contributed by atoms with Gasteiger partial charge < -0.3 is 9.47 Å². The number of unbranched alkanes of at least 4 members (excludes halogenated alkanes) is 3. The molecule has 93 valence electrons. The fraction of sp³-hybridized carbons (Fsp3) is 0.917. The van der Waals surface area contributed by atoms with Crippen LogP contribution in [0, 0.1) is 5.92 Å². The minimum absolute atomic E-state index is 0.135. The molecule has 4 nitrogen and oxygen atoms in total. The van der Waals surface area contributed by atoms with Gasteiger partial charge in [0.2, 0.25) is 0 Å². The van der Waals surface area contributed by atoms with E-state index in [4.69, 9.17) is 9.47 Å². The van der Waals surface area contributed by atoms with Crippen molar-refractivity contribution in [2.75, 3.05) is 19.8 Å². The van der Waals surface area contributed by atoms with Gasteiger partial charge in [0.05, 0.1) is 19.1 Å². The molecule has 0 saturated carbocycles. The Morgan fingerprint density at radius 3 is 2.88 bits per heavy atom. The summed E-state index contributed by atoms with van der Waals surface area (Å²) in [7, 11) is 0. The average molecular weight is 229 g/mol. The van der Waals surface area contributed by atoms with Crippen molar-refractivity contribution in [2.24, 2.45) is 5.92 Å². The second-order valence-corrected chi connectivity index (χ2v) is 4.24. The standard InChI is InChI=1S/C12H21O4/c1-2-3-4-5-7-16-12(14)10-6-8-15-9-11(10)13/h10-11H,2-9H2,1H3. The lowest BCUT2D eigenvalue weighted by molar-refractivity contribution is -0.163. The van der Waals surface area contributed by atoms with Crippen LogP contribution in [0.3, 0.4) is 0 Å². The molecule has 1 fully saturated rings. The maximum absolute atomic E-state index is 11.6. The third kappa shape index (κ3) is 4.49. The summed E-state index contributed by atoms with van der Waals surface area (Å²) in [5, 5.41) is 11.4. The monoisotopic (exact) mass is 229 g/mol. The summed E-state index contributed by atoms with van der Waals surface area (Å²) in [6, 6.07) is 0. The first kappa shape index (κ1) is 13.5. The molecule has 0 aromatic carbocycles. The molecule has 2 unspecified atom stereocenters. The first-order chi connectivity index (χ1) is 7.75. The normalized spacial score (nSPS) is 25.4. The topological polar surface area (TPSA) is 55.4 Å². The highest BCUT2D eigenvalue weighted by Gasteiger charge is 2.32. The Hall–Kier alpha value is -0.610. The number of carbonyl (C=O) groups is 1. The largest absolute Gasteiger partial charge is 0.465 e. The molecule has 0 bridgehead atoms. The van der Waals surface area contributed by atoms with E-state index in [0.29, 0.717) is 19.6 Å². The molecule has 1 aliphatic rings. The highest BCUT2D eigenvalue weighted by atomic mass is 16.5. The summed E-state index contributed by atoms with van der Waals surface area (Å²) in [6.45, 7) is 3.21. The summed E-state index contributed by atoms with van der Waals surface area (Å²) in [6.07, 6.45) is 3.86. The van der Waals surface area contributed by atoms with Gasteiger partial charge in [0, 0.05) is 6.61 Å². The number of esters is 1. The predicted molar refractivity (Wildman–Crippen MR) is 58.5 cm³/mol. The number of hydrogen-bond donors (Lipinski definition) is 0. The van der Waals surface area contributed by atoms with Crippen LogP contribution in [-0.2, 0) is 19.4 Å². The molecule has 0 aromatic heterocycles. The number of ether oxygens (including phenoxy) is 2. The van der Waals surface area contributed by atoms with Crippen molar-refractivity contribution in [1.29, 1.82) is 0 Å². The van der Waals surface area contributed by atoms with Gasteiger partial charge in [-0.25, -0.2) is 5.11 Å². The molecule has 0 aromatic rings. The summed E-state index contributed by atoms with van der Waals surface area (Å²) >= 11 is 0. The second kappa shape index (κ2) is 7.63. The molecular weight excluding hydrogens is 208 g/mol. The van der Waals surface area contributed by atoms with Gasteiger partial charge in [-0.05, 0) is 12.8 Å². The molecule has 0 N–H and O–H groups in total. The summed E-state index contributed by atoms with van der Waals surface area (Å²) in [4.78, 5) is 11.6. The van der Waals surface area contributed by atoms with Crippen molar-refractivity contribution in [2.45, 2.75) is 45.1 Å². The molecule has 0 spiro atoms. The Morgan fingerprint density at radius 2 is 2.19 bits per heavy atom. The van der Waals surface area contributed by atoms with E-state index >= 15 is 0 Å². The zero-order valence-corrected chi connectivity index (χ0v) is 9.94. The van der Waals surface area contributed by atoms with Crippen LogP contribution in [0.15, 0.2) is 0 Å². The molecular formula is C12H21O4. The molecule has 1 radical (unpaired) electrons. The van der Waals surface area contributed by atoms with Crippen LogP contribution in [0.1, 0.15) is 39.0 Å². The van der Waals surface area contributed by atoms with Gasteiger partial charge in [0.15, 0.2) is 0 Å². The van der Waals surface area contributed by atoms with Crippen molar-refractivity contribution < 1.29 is 19.4 Å². The number of rotatable bonds is 6. The molecule has 1 heterocycles. The Balaban J connectivity index is 2.13. The highest BCUT2D eigenvalue weighted by molar-refractivity contribution is 5.73. The zero-order valence-electron chi connectivity index (χ0n) is 9.94. The van der Waals surface area contributed by atoms with Gasteiger partial charge in [-0.2, -0.15) is 0 Å². The lowest BCUT2D eigenvalue weighted by Crippen LogP contribution is -2.37. The van der Waals surface area contributed by atoms with Crippen LogP contribution >= 0.6 is 0 Å². The third-order valence-corrected chi connectivity index (χ3v) is 2.85. The van der Waals surface area contributed by atoms with Gasteiger partial charge in [-0.15, -0.1) is 0 Å². The van der Waals surface area contributed by atoms with Gasteiger partial charge in [-0.3, -0.25) is 4.79 Å². The number of carbonyl (C=O) groups excluding carboxylic acids is 1. The first-order valence-electron chi connectivity index (χ1n) is 6.16. The van der Waals surface area contributed by atoms with E-state index in [-0.39, 0.29) is 12.6 Å². The van der Waals surface area contributed by atoms with Crippen molar-refractivity contribution in [3.8, 4) is 0 Å². The minimum Gasteiger partial charge on any atom is -0.465 e. The van der Waals surface area contributed by atoms with Crippen molar-refractivity contribution >= 4 is 5.97 Å². The smallest absolute Gasteiger partial charge is 0.311 e.